The van der Waals surface area contributed by atoms with Crippen LogP contribution in [0.3, 0.4) is 0 Å². The third kappa shape index (κ3) is 3.08. The minimum atomic E-state index is -3.48. The fraction of sp³-hybridized carbons (Fsp3) is 0.917. The molecule has 0 aromatic heterocycles. The minimum Gasteiger partial charge on any atom is -0.481 e. The molecule has 5 nitrogen and oxygen atoms in total. The van der Waals surface area contributed by atoms with Gasteiger partial charge < -0.3 is 5.11 Å². The molecular weight excluding hydrogens is 286 g/mol. The smallest absolute Gasteiger partial charge is 0.307 e. The van der Waals surface area contributed by atoms with Crippen molar-refractivity contribution in [3.63, 3.8) is 0 Å². The highest BCUT2D eigenvalue weighted by Crippen LogP contribution is 2.35. The van der Waals surface area contributed by atoms with Gasteiger partial charge in [0.15, 0.2) is 0 Å². The second kappa shape index (κ2) is 5.61. The molecule has 2 aliphatic rings. The number of thioether (sulfide) groups is 1. The van der Waals surface area contributed by atoms with Crippen molar-refractivity contribution in [1.29, 1.82) is 0 Å². The summed E-state index contributed by atoms with van der Waals surface area (Å²) in [6.45, 7) is 5.04. The van der Waals surface area contributed by atoms with Crippen molar-refractivity contribution in [1.82, 2.24) is 4.31 Å². The van der Waals surface area contributed by atoms with Gasteiger partial charge in [0.05, 0.1) is 11.2 Å². The van der Waals surface area contributed by atoms with Crippen molar-refractivity contribution in [2.24, 2.45) is 5.92 Å². The zero-order valence-electron chi connectivity index (χ0n) is 11.3. The largest absolute Gasteiger partial charge is 0.481 e. The van der Waals surface area contributed by atoms with Gasteiger partial charge in [0.1, 0.15) is 0 Å². The molecular formula is C12H21NO4S2. The van der Waals surface area contributed by atoms with Crippen molar-refractivity contribution in [2.75, 3.05) is 13.1 Å². The molecule has 1 saturated carbocycles. The highest BCUT2D eigenvalue weighted by Gasteiger charge is 2.45. The molecule has 0 radical (unpaired) electrons. The predicted octanol–water partition coefficient (Wildman–Crippen LogP) is 1.40. The Balaban J connectivity index is 2.19. The predicted molar refractivity (Wildman–Crippen MR) is 75.8 cm³/mol. The number of carboxylic acid groups (broad SMARTS) is 1. The van der Waals surface area contributed by atoms with E-state index >= 15 is 0 Å². The molecule has 1 saturated heterocycles. The van der Waals surface area contributed by atoms with E-state index in [0.717, 1.165) is 0 Å². The van der Waals surface area contributed by atoms with Gasteiger partial charge in [-0.05, 0) is 12.8 Å². The maximum Gasteiger partial charge on any atom is 0.307 e. The fourth-order valence-corrected chi connectivity index (χ4v) is 6.99. The lowest BCUT2D eigenvalue weighted by atomic mass is 10.1. The van der Waals surface area contributed by atoms with Crippen LogP contribution in [-0.4, -0.2) is 52.6 Å². The molecule has 2 fully saturated rings. The number of aliphatic carboxylic acids is 1. The lowest BCUT2D eigenvalue weighted by Crippen LogP contribution is -2.49. The second-order valence-electron chi connectivity index (χ2n) is 5.53. The first kappa shape index (κ1) is 15.1. The molecule has 0 bridgehead atoms. The van der Waals surface area contributed by atoms with Gasteiger partial charge in [-0.3, -0.25) is 4.79 Å². The van der Waals surface area contributed by atoms with Gasteiger partial charge in [-0.15, -0.1) is 0 Å². The van der Waals surface area contributed by atoms with Crippen molar-refractivity contribution in [3.05, 3.63) is 0 Å². The summed E-state index contributed by atoms with van der Waals surface area (Å²) in [7, 11) is -3.48. The normalized spacial score (nSPS) is 37.4. The lowest BCUT2D eigenvalue weighted by molar-refractivity contribution is -0.141. The van der Waals surface area contributed by atoms with Crippen LogP contribution in [0.15, 0.2) is 0 Å². The molecule has 0 aromatic carbocycles. The Bertz CT molecular complexity index is 441. The summed E-state index contributed by atoms with van der Waals surface area (Å²) in [5.41, 5.74) is 0. The summed E-state index contributed by atoms with van der Waals surface area (Å²) in [5.74, 6) is -1.70. The van der Waals surface area contributed by atoms with E-state index < -0.39 is 27.2 Å². The lowest BCUT2D eigenvalue weighted by Gasteiger charge is -2.36. The van der Waals surface area contributed by atoms with Gasteiger partial charge in [0.2, 0.25) is 10.0 Å². The average Bonchev–Trinajstić information content (AvgIpc) is 2.76. The molecule has 110 valence electrons. The Labute approximate surface area is 118 Å². The van der Waals surface area contributed by atoms with E-state index in [1.165, 1.54) is 4.31 Å². The first-order chi connectivity index (χ1) is 8.82. The molecule has 1 aliphatic carbocycles. The third-order valence-corrected chi connectivity index (χ3v) is 7.47. The van der Waals surface area contributed by atoms with E-state index in [2.05, 4.69) is 0 Å². The van der Waals surface area contributed by atoms with Crippen LogP contribution in [0.25, 0.3) is 0 Å². The minimum absolute atomic E-state index is 0.267. The summed E-state index contributed by atoms with van der Waals surface area (Å²) in [5, 5.41) is 8.97. The molecule has 2 rings (SSSR count). The SMILES string of the molecule is CC1CN(S(=O)(=O)C2CCCC2C(=O)O)CC(C)S1. The van der Waals surface area contributed by atoms with E-state index in [9.17, 15) is 13.2 Å². The quantitative estimate of drug-likeness (QED) is 0.853. The third-order valence-electron chi connectivity index (χ3n) is 3.90. The maximum atomic E-state index is 12.6. The van der Waals surface area contributed by atoms with Crippen LogP contribution in [0.1, 0.15) is 33.1 Å². The van der Waals surface area contributed by atoms with Gasteiger partial charge in [-0.1, -0.05) is 20.3 Å². The number of carbonyl (C=O) groups is 1. The zero-order valence-corrected chi connectivity index (χ0v) is 12.9. The van der Waals surface area contributed by atoms with Crippen LogP contribution in [0.4, 0.5) is 0 Å². The molecule has 0 amide bonds. The number of hydrogen-bond acceptors (Lipinski definition) is 4. The van der Waals surface area contributed by atoms with Crippen molar-refractivity contribution in [3.8, 4) is 0 Å². The van der Waals surface area contributed by atoms with Crippen LogP contribution in [-0.2, 0) is 14.8 Å². The second-order valence-corrected chi connectivity index (χ2v) is 9.57. The van der Waals surface area contributed by atoms with Crippen LogP contribution in [0.2, 0.25) is 0 Å². The molecule has 7 heteroatoms. The standard InChI is InChI=1S/C12H21NO4S2/c1-8-6-13(7-9(2)18-8)19(16,17)11-5-3-4-10(11)12(14)15/h8-11H,3-7H2,1-2H3,(H,14,15). The van der Waals surface area contributed by atoms with E-state index in [0.29, 0.717) is 32.4 Å². The Morgan fingerprint density at radius 1 is 1.21 bits per heavy atom. The van der Waals surface area contributed by atoms with Gasteiger partial charge in [0.25, 0.3) is 0 Å². The molecule has 0 spiro atoms. The molecule has 1 aliphatic heterocycles. The van der Waals surface area contributed by atoms with Crippen LogP contribution in [0.5, 0.6) is 0 Å². The van der Waals surface area contributed by atoms with E-state index in [4.69, 9.17) is 5.11 Å². The molecule has 4 unspecified atom stereocenters. The monoisotopic (exact) mass is 307 g/mol. The highest BCUT2D eigenvalue weighted by molar-refractivity contribution is 8.00. The Morgan fingerprint density at radius 3 is 2.32 bits per heavy atom. The van der Waals surface area contributed by atoms with E-state index in [1.807, 2.05) is 13.8 Å². The topological polar surface area (TPSA) is 74.7 Å². The van der Waals surface area contributed by atoms with Gasteiger partial charge in [-0.25, -0.2) is 8.42 Å². The molecule has 19 heavy (non-hydrogen) atoms. The zero-order chi connectivity index (χ0) is 14.2. The summed E-state index contributed by atoms with van der Waals surface area (Å²) < 4.78 is 26.8. The molecule has 0 aromatic rings. The maximum absolute atomic E-state index is 12.6. The average molecular weight is 307 g/mol. The molecule has 1 heterocycles. The fourth-order valence-electron chi connectivity index (χ4n) is 3.10. The van der Waals surface area contributed by atoms with Crippen molar-refractivity contribution < 1.29 is 18.3 Å². The first-order valence-corrected chi connectivity index (χ1v) is 9.14. The first-order valence-electron chi connectivity index (χ1n) is 6.69. The number of carboxylic acids is 1. The number of hydrogen-bond donors (Lipinski definition) is 1. The summed E-state index contributed by atoms with van der Waals surface area (Å²) in [4.78, 5) is 11.2. The Morgan fingerprint density at radius 2 is 1.79 bits per heavy atom. The molecule has 1 N–H and O–H groups in total. The number of nitrogens with zero attached hydrogens (tertiary/aromatic N) is 1. The van der Waals surface area contributed by atoms with Crippen LogP contribution < -0.4 is 0 Å². The number of sulfonamides is 1. The Kier molecular flexibility index (Phi) is 4.47. The summed E-state index contributed by atoms with van der Waals surface area (Å²) >= 11 is 1.79. The van der Waals surface area contributed by atoms with Gasteiger partial charge in [-0.2, -0.15) is 16.1 Å². The highest BCUT2D eigenvalue weighted by atomic mass is 32.2. The molecule has 4 atom stereocenters. The van der Waals surface area contributed by atoms with Gasteiger partial charge in [0, 0.05) is 23.6 Å². The van der Waals surface area contributed by atoms with E-state index in [-0.39, 0.29) is 10.5 Å². The van der Waals surface area contributed by atoms with E-state index in [1.54, 1.807) is 11.8 Å². The van der Waals surface area contributed by atoms with Crippen LogP contribution in [0, 0.1) is 5.92 Å². The van der Waals surface area contributed by atoms with Crippen molar-refractivity contribution >= 4 is 27.8 Å². The summed E-state index contributed by atoms with van der Waals surface area (Å²) in [6.07, 6.45) is 1.65. The van der Waals surface area contributed by atoms with Crippen molar-refractivity contribution in [2.45, 2.75) is 48.9 Å². The Hall–Kier alpha value is -0.270. The van der Waals surface area contributed by atoms with Crippen LogP contribution >= 0.6 is 11.8 Å². The number of rotatable bonds is 3. The van der Waals surface area contributed by atoms with Gasteiger partial charge >= 0.3 is 5.97 Å². The summed E-state index contributed by atoms with van der Waals surface area (Å²) in [6, 6.07) is 0.